The van der Waals surface area contributed by atoms with Crippen LogP contribution in [0.3, 0.4) is 0 Å². The van der Waals surface area contributed by atoms with E-state index in [4.69, 9.17) is 4.74 Å². The summed E-state index contributed by atoms with van der Waals surface area (Å²) in [6.45, 7) is 2.40. The lowest BCUT2D eigenvalue weighted by molar-refractivity contribution is -0.116. The predicted molar refractivity (Wildman–Crippen MR) is 85.4 cm³/mol. The Morgan fingerprint density at radius 2 is 2.24 bits per heavy atom. The van der Waals surface area contributed by atoms with E-state index in [0.717, 1.165) is 15.9 Å². The molecule has 0 aliphatic rings. The fourth-order valence-corrected chi connectivity index (χ4v) is 2.29. The molecule has 21 heavy (non-hydrogen) atoms. The number of carbonyl (C=O) groups is 1. The van der Waals surface area contributed by atoms with Crippen LogP contribution in [0, 0.1) is 6.92 Å². The number of rotatable bonds is 6. The molecule has 0 saturated carbocycles. The van der Waals surface area contributed by atoms with Gasteiger partial charge >= 0.3 is 0 Å². The van der Waals surface area contributed by atoms with Crippen LogP contribution >= 0.6 is 15.9 Å². The Morgan fingerprint density at radius 1 is 1.43 bits per heavy atom. The van der Waals surface area contributed by atoms with Gasteiger partial charge in [0.2, 0.25) is 5.91 Å². The van der Waals surface area contributed by atoms with Crippen molar-refractivity contribution in [2.45, 2.75) is 19.8 Å². The summed E-state index contributed by atoms with van der Waals surface area (Å²) in [6, 6.07) is 9.49. The number of hydrogen-bond donors (Lipinski definition) is 1. The van der Waals surface area contributed by atoms with Crippen LogP contribution in [-0.2, 0) is 11.8 Å². The summed E-state index contributed by atoms with van der Waals surface area (Å²) < 4.78 is 8.22. The number of anilines is 1. The van der Waals surface area contributed by atoms with Gasteiger partial charge in [-0.15, -0.1) is 0 Å². The molecule has 0 unspecified atom stereocenters. The van der Waals surface area contributed by atoms with Gasteiger partial charge in [-0.3, -0.25) is 9.48 Å². The molecule has 2 rings (SSSR count). The van der Waals surface area contributed by atoms with Gasteiger partial charge in [0.1, 0.15) is 11.6 Å². The Kier molecular flexibility index (Phi) is 5.38. The molecule has 1 heterocycles. The number of ether oxygens (including phenoxy) is 1. The monoisotopic (exact) mass is 351 g/mol. The second kappa shape index (κ2) is 7.26. The first kappa shape index (κ1) is 15.6. The molecule has 0 atom stereocenters. The highest BCUT2D eigenvalue weighted by Crippen LogP contribution is 2.18. The summed E-state index contributed by atoms with van der Waals surface area (Å²) in [7, 11) is 1.80. The molecule has 1 aromatic heterocycles. The zero-order valence-corrected chi connectivity index (χ0v) is 13.7. The molecule has 1 N–H and O–H groups in total. The number of halogens is 1. The highest BCUT2D eigenvalue weighted by Gasteiger charge is 2.07. The summed E-state index contributed by atoms with van der Waals surface area (Å²) in [5, 5.41) is 7.02. The molecule has 1 amide bonds. The number of aromatic nitrogens is 2. The zero-order chi connectivity index (χ0) is 15.2. The summed E-state index contributed by atoms with van der Waals surface area (Å²) in [6.07, 6.45) is 1.08. The second-order valence-electron chi connectivity index (χ2n) is 4.75. The van der Waals surface area contributed by atoms with Crippen molar-refractivity contribution in [2.24, 2.45) is 7.05 Å². The van der Waals surface area contributed by atoms with E-state index in [1.807, 2.05) is 37.3 Å². The smallest absolute Gasteiger partial charge is 0.225 e. The number of carbonyl (C=O) groups excluding carboxylic acids is 1. The van der Waals surface area contributed by atoms with Crippen LogP contribution in [-0.4, -0.2) is 22.3 Å². The van der Waals surface area contributed by atoms with Crippen molar-refractivity contribution in [2.75, 3.05) is 11.9 Å². The first-order chi connectivity index (χ1) is 10.0. The number of nitrogens with one attached hydrogen (secondary N) is 1. The first-order valence-corrected chi connectivity index (χ1v) is 7.53. The topological polar surface area (TPSA) is 56.1 Å². The number of amides is 1. The third-order valence-electron chi connectivity index (χ3n) is 2.88. The maximum Gasteiger partial charge on any atom is 0.225 e. The lowest BCUT2D eigenvalue weighted by atomic mass is 10.3. The van der Waals surface area contributed by atoms with Gasteiger partial charge in [-0.25, -0.2) is 0 Å². The lowest BCUT2D eigenvalue weighted by Crippen LogP contribution is -2.15. The summed E-state index contributed by atoms with van der Waals surface area (Å²) in [5.74, 6) is 1.48. The minimum Gasteiger partial charge on any atom is -0.494 e. The minimum absolute atomic E-state index is 0.0316. The van der Waals surface area contributed by atoms with Crippen molar-refractivity contribution < 1.29 is 9.53 Å². The maximum atomic E-state index is 11.8. The zero-order valence-electron chi connectivity index (χ0n) is 12.1. The maximum absolute atomic E-state index is 11.8. The van der Waals surface area contributed by atoms with Gasteiger partial charge in [0.15, 0.2) is 0 Å². The van der Waals surface area contributed by atoms with Crippen LogP contribution in [0.4, 0.5) is 5.82 Å². The number of hydrogen-bond acceptors (Lipinski definition) is 3. The molecule has 0 saturated heterocycles. The molecule has 0 aliphatic carbocycles. The van der Waals surface area contributed by atoms with Crippen LogP contribution in [0.25, 0.3) is 0 Å². The molecule has 0 aliphatic heterocycles. The Balaban J connectivity index is 1.71. The van der Waals surface area contributed by atoms with Crippen LogP contribution in [0.5, 0.6) is 5.75 Å². The van der Waals surface area contributed by atoms with E-state index in [1.165, 1.54) is 0 Å². The molecule has 0 fully saturated rings. The third-order valence-corrected chi connectivity index (χ3v) is 3.38. The van der Waals surface area contributed by atoms with Gasteiger partial charge in [0, 0.05) is 24.0 Å². The molecule has 5 nitrogen and oxygen atoms in total. The predicted octanol–water partition coefficient (Wildman–Crippen LogP) is 3.29. The standard InChI is InChI=1S/C15H18BrN3O2/c1-11-9-14(19(2)18-11)17-15(20)7-4-8-21-13-6-3-5-12(16)10-13/h3,5-6,9-10H,4,7-8H2,1-2H3,(H,17,20). The van der Waals surface area contributed by atoms with E-state index in [2.05, 4.69) is 26.3 Å². The highest BCUT2D eigenvalue weighted by molar-refractivity contribution is 9.10. The van der Waals surface area contributed by atoms with Gasteiger partial charge in [-0.2, -0.15) is 5.10 Å². The largest absolute Gasteiger partial charge is 0.494 e. The van der Waals surface area contributed by atoms with E-state index in [1.54, 1.807) is 11.7 Å². The normalized spacial score (nSPS) is 10.4. The SMILES string of the molecule is Cc1cc(NC(=O)CCCOc2cccc(Br)c2)n(C)n1. The fourth-order valence-electron chi connectivity index (χ4n) is 1.91. The molecular formula is C15H18BrN3O2. The molecule has 6 heteroatoms. The molecule has 0 spiro atoms. The molecule has 0 radical (unpaired) electrons. The van der Waals surface area contributed by atoms with E-state index in [-0.39, 0.29) is 5.91 Å². The lowest BCUT2D eigenvalue weighted by Gasteiger charge is -2.07. The van der Waals surface area contributed by atoms with Crippen LogP contribution in [0.1, 0.15) is 18.5 Å². The van der Waals surface area contributed by atoms with Crippen LogP contribution in [0.15, 0.2) is 34.8 Å². The van der Waals surface area contributed by atoms with Crippen molar-refractivity contribution in [1.82, 2.24) is 9.78 Å². The minimum atomic E-state index is -0.0316. The van der Waals surface area contributed by atoms with E-state index < -0.39 is 0 Å². The van der Waals surface area contributed by atoms with Crippen molar-refractivity contribution in [3.05, 3.63) is 40.5 Å². The van der Waals surface area contributed by atoms with E-state index >= 15 is 0 Å². The summed E-state index contributed by atoms with van der Waals surface area (Å²) in [5.41, 5.74) is 0.880. The Labute approximate surface area is 132 Å². The first-order valence-electron chi connectivity index (χ1n) is 6.73. The summed E-state index contributed by atoms with van der Waals surface area (Å²) in [4.78, 5) is 11.8. The number of nitrogens with zero attached hydrogens (tertiary/aromatic N) is 2. The van der Waals surface area contributed by atoms with Crippen molar-refractivity contribution in [3.63, 3.8) is 0 Å². The van der Waals surface area contributed by atoms with Gasteiger partial charge in [0.25, 0.3) is 0 Å². The van der Waals surface area contributed by atoms with Gasteiger partial charge in [-0.05, 0) is 31.5 Å². The van der Waals surface area contributed by atoms with Crippen LogP contribution < -0.4 is 10.1 Å². The summed E-state index contributed by atoms with van der Waals surface area (Å²) >= 11 is 3.39. The molecular weight excluding hydrogens is 334 g/mol. The molecule has 2 aromatic rings. The van der Waals surface area contributed by atoms with Gasteiger partial charge < -0.3 is 10.1 Å². The van der Waals surface area contributed by atoms with Crippen molar-refractivity contribution in [1.29, 1.82) is 0 Å². The molecule has 0 bridgehead atoms. The quantitative estimate of drug-likeness (QED) is 0.812. The molecule has 1 aromatic carbocycles. The van der Waals surface area contributed by atoms with Crippen LogP contribution in [0.2, 0.25) is 0 Å². The number of benzene rings is 1. The van der Waals surface area contributed by atoms with E-state index in [9.17, 15) is 4.79 Å². The van der Waals surface area contributed by atoms with Crippen molar-refractivity contribution in [3.8, 4) is 5.75 Å². The second-order valence-corrected chi connectivity index (χ2v) is 5.67. The Bertz CT molecular complexity index is 625. The van der Waals surface area contributed by atoms with Gasteiger partial charge in [-0.1, -0.05) is 22.0 Å². The van der Waals surface area contributed by atoms with Crippen molar-refractivity contribution >= 4 is 27.7 Å². The average Bonchev–Trinajstić information content (AvgIpc) is 2.73. The fraction of sp³-hybridized carbons (Fsp3) is 0.333. The number of aryl methyl sites for hydroxylation is 2. The highest BCUT2D eigenvalue weighted by atomic mass is 79.9. The van der Waals surface area contributed by atoms with Gasteiger partial charge in [0.05, 0.1) is 12.3 Å². The third kappa shape index (κ3) is 4.90. The van der Waals surface area contributed by atoms with E-state index in [0.29, 0.717) is 25.3 Å². The Hall–Kier alpha value is -1.82. The molecule has 112 valence electrons. The Morgan fingerprint density at radius 3 is 2.90 bits per heavy atom. The average molecular weight is 352 g/mol.